The van der Waals surface area contributed by atoms with Gasteiger partial charge < -0.3 is 14.9 Å². The number of carboxylic acids is 2. The Morgan fingerprint density at radius 3 is 2.12 bits per heavy atom. The predicted molar refractivity (Wildman–Crippen MR) is 56.2 cm³/mol. The number of carbonyl (C=O) groups excluding carboxylic acids is 1. The van der Waals surface area contributed by atoms with Crippen LogP contribution >= 0.6 is 0 Å². The Kier molecular flexibility index (Phi) is 5.39. The molecule has 0 aromatic heterocycles. The van der Waals surface area contributed by atoms with E-state index >= 15 is 0 Å². The van der Waals surface area contributed by atoms with Crippen LogP contribution in [0.2, 0.25) is 0 Å². The molecule has 0 aliphatic rings. The summed E-state index contributed by atoms with van der Waals surface area (Å²) in [5, 5.41) is 17.1. The third-order valence-electron chi connectivity index (χ3n) is 1.42. The predicted octanol–water partition coefficient (Wildman–Crippen LogP) is -0.0564. The van der Waals surface area contributed by atoms with Gasteiger partial charge in [-0.2, -0.15) is 0 Å². The summed E-state index contributed by atoms with van der Waals surface area (Å²) in [6, 6.07) is -1.42. The molecule has 0 heterocycles. The van der Waals surface area contributed by atoms with Crippen molar-refractivity contribution in [2.24, 2.45) is 0 Å². The van der Waals surface area contributed by atoms with Crippen LogP contribution in [0, 0.1) is 0 Å². The van der Waals surface area contributed by atoms with Crippen LogP contribution in [0.1, 0.15) is 27.2 Å². The molecule has 0 bridgehead atoms. The summed E-state index contributed by atoms with van der Waals surface area (Å²) in [7, 11) is 0. The molecule has 17 heavy (non-hydrogen) atoms. The lowest BCUT2D eigenvalue weighted by Crippen LogP contribution is -2.50. The summed E-state index contributed by atoms with van der Waals surface area (Å²) in [4.78, 5) is 32.1. The first kappa shape index (κ1) is 15.2. The number of hydrogen-bond donors (Lipinski definition) is 4. The second-order valence-corrected chi connectivity index (χ2v) is 4.26. The molecule has 0 saturated heterocycles. The first-order valence-corrected chi connectivity index (χ1v) is 4.81. The van der Waals surface area contributed by atoms with Crippen molar-refractivity contribution in [2.75, 3.05) is 0 Å². The lowest BCUT2D eigenvalue weighted by atomic mass is 10.2. The molecule has 0 fully saturated rings. The Morgan fingerprint density at radius 1 is 1.24 bits per heavy atom. The summed E-state index contributed by atoms with van der Waals surface area (Å²) in [5.74, 6) is -2.68. The van der Waals surface area contributed by atoms with Gasteiger partial charge in [-0.3, -0.25) is 15.0 Å². The van der Waals surface area contributed by atoms with E-state index in [0.717, 1.165) is 0 Å². The van der Waals surface area contributed by atoms with Gasteiger partial charge in [-0.1, -0.05) is 0 Å². The topological polar surface area (TPSA) is 125 Å². The number of amides is 1. The Hall–Kier alpha value is -1.83. The highest BCUT2D eigenvalue weighted by Gasteiger charge is 2.22. The zero-order valence-electron chi connectivity index (χ0n) is 9.81. The molecule has 0 aromatic rings. The number of rotatable bonds is 5. The summed E-state index contributed by atoms with van der Waals surface area (Å²) >= 11 is 0. The summed E-state index contributed by atoms with van der Waals surface area (Å²) in [5.41, 5.74) is 3.31. The number of hydrazine groups is 1. The monoisotopic (exact) mass is 248 g/mol. The van der Waals surface area contributed by atoms with Gasteiger partial charge in [0, 0.05) is 0 Å². The Morgan fingerprint density at radius 2 is 1.76 bits per heavy atom. The normalized spacial score (nSPS) is 12.6. The highest BCUT2D eigenvalue weighted by Crippen LogP contribution is 2.06. The van der Waals surface area contributed by atoms with Crippen LogP contribution < -0.4 is 10.9 Å². The molecule has 1 atom stereocenters. The maximum atomic E-state index is 11.1. The number of carbonyl (C=O) groups is 3. The van der Waals surface area contributed by atoms with Crippen molar-refractivity contribution in [2.45, 2.75) is 38.8 Å². The highest BCUT2D eigenvalue weighted by molar-refractivity contribution is 5.81. The molecule has 0 aliphatic heterocycles. The molecule has 0 spiro atoms. The van der Waals surface area contributed by atoms with Crippen LogP contribution in [0.25, 0.3) is 0 Å². The molecule has 0 unspecified atom stereocenters. The van der Waals surface area contributed by atoms with Gasteiger partial charge in [0.25, 0.3) is 0 Å². The number of aliphatic carboxylic acids is 2. The number of nitrogens with one attached hydrogen (secondary N) is 2. The van der Waals surface area contributed by atoms with Gasteiger partial charge in [-0.05, 0) is 20.8 Å². The van der Waals surface area contributed by atoms with Gasteiger partial charge in [0.05, 0.1) is 6.42 Å². The molecule has 0 radical (unpaired) electrons. The highest BCUT2D eigenvalue weighted by atomic mass is 16.6. The van der Waals surface area contributed by atoms with E-state index in [4.69, 9.17) is 14.9 Å². The van der Waals surface area contributed by atoms with Crippen molar-refractivity contribution in [3.8, 4) is 0 Å². The van der Waals surface area contributed by atoms with E-state index in [1.165, 1.54) is 0 Å². The number of ether oxygens (including phenoxy) is 1. The van der Waals surface area contributed by atoms with Gasteiger partial charge in [0.15, 0.2) is 0 Å². The van der Waals surface area contributed by atoms with E-state index in [2.05, 4.69) is 5.43 Å². The van der Waals surface area contributed by atoms with Crippen LogP contribution in [0.4, 0.5) is 4.79 Å². The average Bonchev–Trinajstić information content (AvgIpc) is 2.08. The first-order valence-electron chi connectivity index (χ1n) is 4.81. The van der Waals surface area contributed by atoms with E-state index in [-0.39, 0.29) is 0 Å². The molecule has 4 N–H and O–H groups in total. The van der Waals surface area contributed by atoms with Crippen molar-refractivity contribution >= 4 is 18.0 Å². The number of hydrogen-bond acceptors (Lipinski definition) is 5. The van der Waals surface area contributed by atoms with Crippen LogP contribution in [0.3, 0.4) is 0 Å². The summed E-state index contributed by atoms with van der Waals surface area (Å²) in [6.07, 6.45) is -1.54. The fraction of sp³-hybridized carbons (Fsp3) is 0.667. The standard InChI is InChI=1S/C9H16N2O6/c1-9(2,3)17-8(16)11-10-5(7(14)15)4-6(12)13/h5,10H,4H2,1-3H3,(H,11,16)(H,12,13)(H,14,15)/t5-/m0/s1. The maximum absolute atomic E-state index is 11.1. The molecule has 98 valence electrons. The maximum Gasteiger partial charge on any atom is 0.422 e. The molecule has 1 amide bonds. The molecule has 0 saturated carbocycles. The molecule has 0 aliphatic carbocycles. The van der Waals surface area contributed by atoms with Crippen LogP contribution in [-0.4, -0.2) is 39.9 Å². The van der Waals surface area contributed by atoms with Crippen LogP contribution in [0.5, 0.6) is 0 Å². The van der Waals surface area contributed by atoms with E-state index in [1.807, 2.05) is 5.43 Å². The Labute approximate surface area is 97.9 Å². The molecule has 8 heteroatoms. The summed E-state index contributed by atoms with van der Waals surface area (Å²) < 4.78 is 4.82. The van der Waals surface area contributed by atoms with Gasteiger partial charge in [-0.25, -0.2) is 10.2 Å². The minimum absolute atomic E-state index is 0.662. The van der Waals surface area contributed by atoms with Crippen molar-refractivity contribution in [3.05, 3.63) is 0 Å². The van der Waals surface area contributed by atoms with Crippen LogP contribution in [-0.2, 0) is 14.3 Å². The van der Waals surface area contributed by atoms with E-state index < -0.39 is 36.1 Å². The van der Waals surface area contributed by atoms with Gasteiger partial charge in [0.1, 0.15) is 11.6 Å². The second-order valence-electron chi connectivity index (χ2n) is 4.26. The largest absolute Gasteiger partial charge is 0.481 e. The fourth-order valence-electron chi connectivity index (χ4n) is 0.824. The smallest absolute Gasteiger partial charge is 0.422 e. The minimum Gasteiger partial charge on any atom is -0.481 e. The van der Waals surface area contributed by atoms with E-state index in [1.54, 1.807) is 20.8 Å². The Balaban J connectivity index is 4.18. The summed E-state index contributed by atoms with van der Waals surface area (Å²) in [6.45, 7) is 4.91. The minimum atomic E-state index is -1.42. The first-order chi connectivity index (χ1) is 7.61. The molecular formula is C9H16N2O6. The lowest BCUT2D eigenvalue weighted by Gasteiger charge is -2.21. The fourth-order valence-corrected chi connectivity index (χ4v) is 0.824. The van der Waals surface area contributed by atoms with E-state index in [0.29, 0.717) is 0 Å². The molecular weight excluding hydrogens is 232 g/mol. The average molecular weight is 248 g/mol. The molecule has 0 rings (SSSR count). The quantitative estimate of drug-likeness (QED) is 0.502. The van der Waals surface area contributed by atoms with Crippen molar-refractivity contribution < 1.29 is 29.3 Å². The van der Waals surface area contributed by atoms with Crippen molar-refractivity contribution in [1.29, 1.82) is 0 Å². The van der Waals surface area contributed by atoms with Crippen molar-refractivity contribution in [1.82, 2.24) is 10.9 Å². The molecule has 8 nitrogen and oxygen atoms in total. The third-order valence-corrected chi connectivity index (χ3v) is 1.42. The number of carboxylic acid groups (broad SMARTS) is 2. The van der Waals surface area contributed by atoms with E-state index in [9.17, 15) is 14.4 Å². The van der Waals surface area contributed by atoms with Gasteiger partial charge in [0.2, 0.25) is 0 Å². The zero-order valence-corrected chi connectivity index (χ0v) is 9.81. The van der Waals surface area contributed by atoms with Gasteiger partial charge >= 0.3 is 18.0 Å². The second kappa shape index (κ2) is 6.04. The SMILES string of the molecule is CC(C)(C)OC(=O)NN[C@@H](CC(=O)O)C(=O)O. The third kappa shape index (κ3) is 8.03. The lowest BCUT2D eigenvalue weighted by molar-refractivity contribution is -0.146. The van der Waals surface area contributed by atoms with Crippen molar-refractivity contribution in [3.63, 3.8) is 0 Å². The zero-order chi connectivity index (χ0) is 13.6. The Bertz CT molecular complexity index is 309. The molecule has 0 aromatic carbocycles. The van der Waals surface area contributed by atoms with Gasteiger partial charge in [-0.15, -0.1) is 0 Å². The van der Waals surface area contributed by atoms with Crippen LogP contribution in [0.15, 0.2) is 0 Å².